The largest absolute Gasteiger partial charge is 0.437 e. The Kier molecular flexibility index (Phi) is 6.69. The van der Waals surface area contributed by atoms with Gasteiger partial charge in [0.2, 0.25) is 11.8 Å². The lowest BCUT2D eigenvalue weighted by Crippen LogP contribution is -2.37. The molecule has 0 bridgehead atoms. The van der Waals surface area contributed by atoms with E-state index < -0.39 is 10.8 Å². The highest BCUT2D eigenvalue weighted by molar-refractivity contribution is 7.85. The minimum Gasteiger partial charge on any atom is -0.437 e. The summed E-state index contributed by atoms with van der Waals surface area (Å²) < 4.78 is 17.6. The summed E-state index contributed by atoms with van der Waals surface area (Å²) in [6.07, 6.45) is 4.68. The molecule has 0 saturated carbocycles. The maximum absolute atomic E-state index is 11.6. The topological polar surface area (TPSA) is 100 Å². The molecule has 1 aliphatic heterocycles. The third kappa shape index (κ3) is 5.47. The van der Waals surface area contributed by atoms with E-state index in [0.29, 0.717) is 28.5 Å². The van der Waals surface area contributed by atoms with Crippen LogP contribution in [0.1, 0.15) is 5.56 Å². The van der Waals surface area contributed by atoms with Crippen molar-refractivity contribution in [3.63, 3.8) is 0 Å². The number of ether oxygens (including phenoxy) is 1. The van der Waals surface area contributed by atoms with Gasteiger partial charge in [-0.05, 0) is 35.4 Å². The van der Waals surface area contributed by atoms with E-state index in [2.05, 4.69) is 45.0 Å². The van der Waals surface area contributed by atoms with Crippen LogP contribution in [-0.4, -0.2) is 54.6 Å². The van der Waals surface area contributed by atoms with E-state index in [1.165, 1.54) is 11.6 Å². The molecule has 8 nitrogen and oxygen atoms in total. The van der Waals surface area contributed by atoms with Crippen molar-refractivity contribution in [1.82, 2.24) is 19.9 Å². The Labute approximate surface area is 205 Å². The zero-order valence-electron chi connectivity index (χ0n) is 19.1. The van der Waals surface area contributed by atoms with Gasteiger partial charge < -0.3 is 15.0 Å². The molecule has 1 saturated heterocycles. The number of carbonyl (C=O) groups excluding carboxylic acids is 1. The number of anilines is 1. The number of rotatable bonds is 7. The first kappa shape index (κ1) is 22.9. The van der Waals surface area contributed by atoms with Crippen LogP contribution in [0, 0.1) is 0 Å². The van der Waals surface area contributed by atoms with Gasteiger partial charge in [0.1, 0.15) is 11.3 Å². The lowest BCUT2D eigenvalue weighted by molar-refractivity contribution is -0.111. The monoisotopic (exact) mass is 487 g/mol. The summed E-state index contributed by atoms with van der Waals surface area (Å²) in [4.78, 5) is 26.3. The summed E-state index contributed by atoms with van der Waals surface area (Å²) in [7, 11) is -0.681. The normalized spacial score (nSPS) is 14.6. The highest BCUT2D eigenvalue weighted by Gasteiger charge is 2.16. The molecule has 0 radical (unpaired) electrons. The van der Waals surface area contributed by atoms with Gasteiger partial charge in [-0.2, -0.15) is 0 Å². The van der Waals surface area contributed by atoms with Crippen molar-refractivity contribution in [2.75, 3.05) is 29.9 Å². The van der Waals surface area contributed by atoms with Gasteiger partial charge in [-0.1, -0.05) is 30.8 Å². The quantitative estimate of drug-likeness (QED) is 0.381. The number of fused-ring (bicyclic) bond motifs is 1. The van der Waals surface area contributed by atoms with E-state index in [1.54, 1.807) is 30.5 Å². The number of hydrogen-bond acceptors (Lipinski definition) is 6. The number of amides is 1. The number of aromatic amines is 1. The molecule has 2 N–H and O–H groups in total. The van der Waals surface area contributed by atoms with Crippen molar-refractivity contribution in [1.29, 1.82) is 0 Å². The van der Waals surface area contributed by atoms with E-state index in [9.17, 15) is 9.00 Å². The van der Waals surface area contributed by atoms with Gasteiger partial charge in [0, 0.05) is 65.5 Å². The Morgan fingerprint density at radius 3 is 2.86 bits per heavy atom. The SMILES string of the molecule is C=CC(=O)Nc1cccc(Oc2cnc3[nH]cc(-c4cccc(CN5CCS(=O)CC5)c4)c3n2)c1. The molecule has 0 aliphatic carbocycles. The molecule has 4 aromatic rings. The van der Waals surface area contributed by atoms with Crippen LogP contribution >= 0.6 is 0 Å². The Hall–Kier alpha value is -3.82. The fourth-order valence-electron chi connectivity index (χ4n) is 4.03. The lowest BCUT2D eigenvalue weighted by Gasteiger charge is -2.26. The molecule has 3 heterocycles. The van der Waals surface area contributed by atoms with Gasteiger partial charge in [-0.3, -0.25) is 13.9 Å². The first-order valence-corrected chi connectivity index (χ1v) is 12.8. The molecule has 0 atom stereocenters. The fourth-order valence-corrected chi connectivity index (χ4v) is 5.15. The van der Waals surface area contributed by atoms with E-state index in [0.717, 1.165) is 42.3 Å². The molecule has 1 fully saturated rings. The van der Waals surface area contributed by atoms with Crippen LogP contribution in [-0.2, 0) is 22.1 Å². The van der Waals surface area contributed by atoms with Crippen LogP contribution in [0.4, 0.5) is 5.69 Å². The number of nitrogens with zero attached hydrogens (tertiary/aromatic N) is 3. The Bertz CT molecular complexity index is 1410. The third-order valence-electron chi connectivity index (χ3n) is 5.78. The first-order valence-electron chi connectivity index (χ1n) is 11.3. The van der Waals surface area contributed by atoms with E-state index in [-0.39, 0.29) is 5.91 Å². The van der Waals surface area contributed by atoms with Gasteiger partial charge in [0.25, 0.3) is 0 Å². The Morgan fingerprint density at radius 2 is 2.03 bits per heavy atom. The molecule has 1 aliphatic rings. The number of benzene rings is 2. The molecule has 9 heteroatoms. The van der Waals surface area contributed by atoms with Gasteiger partial charge in [-0.15, -0.1) is 0 Å². The number of aromatic nitrogens is 3. The first-order chi connectivity index (χ1) is 17.1. The number of nitrogens with one attached hydrogen (secondary N) is 2. The zero-order chi connectivity index (χ0) is 24.2. The van der Waals surface area contributed by atoms with Gasteiger partial charge in [-0.25, -0.2) is 9.97 Å². The molecule has 35 heavy (non-hydrogen) atoms. The number of hydrogen-bond donors (Lipinski definition) is 2. The predicted molar refractivity (Wildman–Crippen MR) is 138 cm³/mol. The summed E-state index contributed by atoms with van der Waals surface area (Å²) in [5.41, 5.74) is 5.15. The summed E-state index contributed by atoms with van der Waals surface area (Å²) in [6, 6.07) is 15.4. The van der Waals surface area contributed by atoms with E-state index in [4.69, 9.17) is 9.72 Å². The summed E-state index contributed by atoms with van der Waals surface area (Å²) >= 11 is 0. The Morgan fingerprint density at radius 1 is 1.20 bits per heavy atom. The minimum atomic E-state index is -0.681. The van der Waals surface area contributed by atoms with Gasteiger partial charge in [0.15, 0.2) is 5.65 Å². The molecular weight excluding hydrogens is 462 g/mol. The molecule has 2 aromatic carbocycles. The van der Waals surface area contributed by atoms with E-state index in [1.807, 2.05) is 12.3 Å². The van der Waals surface area contributed by atoms with Crippen LogP contribution in [0.3, 0.4) is 0 Å². The van der Waals surface area contributed by atoms with Crippen LogP contribution < -0.4 is 10.1 Å². The maximum atomic E-state index is 11.6. The second-order valence-electron chi connectivity index (χ2n) is 8.26. The van der Waals surface area contributed by atoms with Crippen LogP contribution in [0.25, 0.3) is 22.3 Å². The second-order valence-corrected chi connectivity index (χ2v) is 9.95. The molecular formula is C26H25N5O3S. The van der Waals surface area contributed by atoms with Crippen molar-refractivity contribution < 1.29 is 13.7 Å². The standard InChI is InChI=1S/C26H25N5O3S/c1-2-23(32)29-20-7-4-8-21(14-20)34-24-16-28-26-25(30-24)22(15-27-26)19-6-3-5-18(13-19)17-31-9-11-35(33)12-10-31/h2-8,13-16H,1,9-12,17H2,(H,27,28)(H,29,32). The van der Waals surface area contributed by atoms with Crippen LogP contribution in [0.15, 0.2) is 73.6 Å². The third-order valence-corrected chi connectivity index (χ3v) is 7.06. The number of carbonyl (C=O) groups is 1. The van der Waals surface area contributed by atoms with Crippen molar-refractivity contribution in [2.24, 2.45) is 0 Å². The summed E-state index contributed by atoms with van der Waals surface area (Å²) in [5.74, 6) is 2.07. The van der Waals surface area contributed by atoms with Gasteiger partial charge in [0.05, 0.1) is 6.20 Å². The molecule has 5 rings (SSSR count). The Balaban J connectivity index is 1.37. The van der Waals surface area contributed by atoms with Crippen LogP contribution in [0.5, 0.6) is 11.6 Å². The average molecular weight is 488 g/mol. The molecule has 1 amide bonds. The summed E-state index contributed by atoms with van der Waals surface area (Å²) in [5, 5.41) is 2.71. The van der Waals surface area contributed by atoms with Crippen molar-refractivity contribution in [3.8, 4) is 22.8 Å². The zero-order valence-corrected chi connectivity index (χ0v) is 19.9. The van der Waals surface area contributed by atoms with E-state index >= 15 is 0 Å². The van der Waals surface area contributed by atoms with Crippen molar-refractivity contribution >= 4 is 33.6 Å². The predicted octanol–water partition coefficient (Wildman–Crippen LogP) is 4.11. The average Bonchev–Trinajstić information content (AvgIpc) is 3.29. The summed E-state index contributed by atoms with van der Waals surface area (Å²) in [6.45, 7) is 6.00. The minimum absolute atomic E-state index is 0.294. The number of H-pyrrole nitrogens is 1. The second kappa shape index (κ2) is 10.2. The highest BCUT2D eigenvalue weighted by Crippen LogP contribution is 2.30. The molecule has 0 unspecified atom stereocenters. The fraction of sp³-hybridized carbons (Fsp3) is 0.192. The molecule has 0 spiro atoms. The highest BCUT2D eigenvalue weighted by atomic mass is 32.2. The van der Waals surface area contributed by atoms with Crippen molar-refractivity contribution in [3.05, 3.63) is 79.1 Å². The van der Waals surface area contributed by atoms with Gasteiger partial charge >= 0.3 is 0 Å². The smallest absolute Gasteiger partial charge is 0.247 e. The maximum Gasteiger partial charge on any atom is 0.247 e. The van der Waals surface area contributed by atoms with Crippen LogP contribution in [0.2, 0.25) is 0 Å². The molecule has 178 valence electrons. The van der Waals surface area contributed by atoms with Crippen molar-refractivity contribution in [2.45, 2.75) is 6.54 Å². The molecule has 2 aromatic heterocycles. The lowest BCUT2D eigenvalue weighted by atomic mass is 10.0.